The lowest BCUT2D eigenvalue weighted by Gasteiger charge is -2.00. The van der Waals surface area contributed by atoms with Gasteiger partial charge in [-0.15, -0.1) is 11.3 Å². The van der Waals surface area contributed by atoms with Gasteiger partial charge >= 0.3 is 0 Å². The van der Waals surface area contributed by atoms with Gasteiger partial charge in [0.25, 0.3) is 0 Å². The van der Waals surface area contributed by atoms with Gasteiger partial charge in [0.05, 0.1) is 0 Å². The van der Waals surface area contributed by atoms with Crippen molar-refractivity contribution in [2.45, 2.75) is 13.8 Å². The van der Waals surface area contributed by atoms with E-state index < -0.39 is 0 Å². The molecule has 72 valence electrons. The maximum Gasteiger partial charge on any atom is 0.0392 e. The first kappa shape index (κ1) is 9.94. The number of rotatable bonds is 1. The largest absolute Gasteiger partial charge is 0.144 e. The SMILES string of the molecule is Cc1sc(C)c(-c2ccccc2)c1Br. The minimum atomic E-state index is 1.24. The Hall–Kier alpha value is -0.600. The molecule has 0 N–H and O–H groups in total. The first-order chi connectivity index (χ1) is 6.70. The van der Waals surface area contributed by atoms with E-state index >= 15 is 0 Å². The van der Waals surface area contributed by atoms with Gasteiger partial charge in [-0.3, -0.25) is 0 Å². The average molecular weight is 267 g/mol. The summed E-state index contributed by atoms with van der Waals surface area (Å²) in [4.78, 5) is 2.72. The number of thiophene rings is 1. The van der Waals surface area contributed by atoms with E-state index in [1.807, 2.05) is 17.4 Å². The van der Waals surface area contributed by atoms with E-state index in [9.17, 15) is 0 Å². The number of hydrogen-bond donors (Lipinski definition) is 0. The highest BCUT2D eigenvalue weighted by atomic mass is 79.9. The predicted molar refractivity (Wildman–Crippen MR) is 66.9 cm³/mol. The molecule has 0 spiro atoms. The fraction of sp³-hybridized carbons (Fsp3) is 0.167. The summed E-state index contributed by atoms with van der Waals surface area (Å²) in [6.07, 6.45) is 0. The first-order valence-corrected chi connectivity index (χ1v) is 6.12. The maximum atomic E-state index is 3.65. The second kappa shape index (κ2) is 3.87. The van der Waals surface area contributed by atoms with Crippen LogP contribution in [0.4, 0.5) is 0 Å². The van der Waals surface area contributed by atoms with Gasteiger partial charge in [-0.1, -0.05) is 30.3 Å². The van der Waals surface area contributed by atoms with Crippen molar-refractivity contribution < 1.29 is 0 Å². The fourth-order valence-electron chi connectivity index (χ4n) is 1.59. The van der Waals surface area contributed by atoms with E-state index in [1.165, 1.54) is 25.4 Å². The van der Waals surface area contributed by atoms with Crippen LogP contribution in [0.2, 0.25) is 0 Å². The smallest absolute Gasteiger partial charge is 0.0392 e. The van der Waals surface area contributed by atoms with Crippen molar-refractivity contribution in [3.05, 3.63) is 44.6 Å². The van der Waals surface area contributed by atoms with E-state index in [1.54, 1.807) is 0 Å². The Kier molecular flexibility index (Phi) is 2.75. The molecule has 2 rings (SSSR count). The Balaban J connectivity index is 2.62. The molecule has 0 aliphatic rings. The lowest BCUT2D eigenvalue weighted by atomic mass is 10.1. The molecular weight excluding hydrogens is 256 g/mol. The Morgan fingerprint density at radius 1 is 1.00 bits per heavy atom. The van der Waals surface area contributed by atoms with Crippen LogP contribution >= 0.6 is 27.3 Å². The second-order valence-electron chi connectivity index (χ2n) is 3.27. The highest BCUT2D eigenvalue weighted by Gasteiger charge is 2.11. The molecule has 0 fully saturated rings. The van der Waals surface area contributed by atoms with Crippen LogP contribution in [-0.4, -0.2) is 0 Å². The van der Waals surface area contributed by atoms with Gasteiger partial charge in [-0.2, -0.15) is 0 Å². The second-order valence-corrected chi connectivity index (χ2v) is 5.49. The molecule has 0 saturated carbocycles. The van der Waals surface area contributed by atoms with Gasteiger partial charge in [0.2, 0.25) is 0 Å². The highest BCUT2D eigenvalue weighted by molar-refractivity contribution is 9.10. The Morgan fingerprint density at radius 2 is 1.64 bits per heavy atom. The van der Waals surface area contributed by atoms with Crippen molar-refractivity contribution in [2.24, 2.45) is 0 Å². The molecule has 0 unspecified atom stereocenters. The summed E-state index contributed by atoms with van der Waals surface area (Å²) in [5, 5.41) is 0. The van der Waals surface area contributed by atoms with Crippen molar-refractivity contribution >= 4 is 27.3 Å². The molecule has 1 aromatic heterocycles. The van der Waals surface area contributed by atoms with E-state index in [-0.39, 0.29) is 0 Å². The Labute approximate surface area is 96.7 Å². The van der Waals surface area contributed by atoms with Gasteiger partial charge in [-0.05, 0) is 35.3 Å². The van der Waals surface area contributed by atoms with Crippen molar-refractivity contribution in [3.8, 4) is 11.1 Å². The Morgan fingerprint density at radius 3 is 2.14 bits per heavy atom. The van der Waals surface area contributed by atoms with Crippen LogP contribution in [0.15, 0.2) is 34.8 Å². The zero-order valence-corrected chi connectivity index (χ0v) is 10.6. The fourth-order valence-corrected chi connectivity index (χ4v) is 3.46. The highest BCUT2D eigenvalue weighted by Crippen LogP contribution is 2.39. The molecule has 14 heavy (non-hydrogen) atoms. The van der Waals surface area contributed by atoms with Gasteiger partial charge in [0.1, 0.15) is 0 Å². The average Bonchev–Trinajstić information content (AvgIpc) is 2.43. The molecule has 0 atom stereocenters. The third-order valence-electron chi connectivity index (χ3n) is 2.25. The van der Waals surface area contributed by atoms with Gasteiger partial charge in [0.15, 0.2) is 0 Å². The van der Waals surface area contributed by atoms with Crippen LogP contribution in [0, 0.1) is 13.8 Å². The zero-order chi connectivity index (χ0) is 10.1. The van der Waals surface area contributed by atoms with Gasteiger partial charge in [0, 0.05) is 19.8 Å². The minimum absolute atomic E-state index is 1.24. The van der Waals surface area contributed by atoms with E-state index in [4.69, 9.17) is 0 Å². The molecule has 0 saturated heterocycles. The van der Waals surface area contributed by atoms with Crippen molar-refractivity contribution in [1.82, 2.24) is 0 Å². The number of benzene rings is 1. The summed E-state index contributed by atoms with van der Waals surface area (Å²) in [6, 6.07) is 10.5. The zero-order valence-electron chi connectivity index (χ0n) is 8.17. The van der Waals surface area contributed by atoms with Crippen LogP contribution in [0.5, 0.6) is 0 Å². The minimum Gasteiger partial charge on any atom is -0.144 e. The summed E-state index contributed by atoms with van der Waals surface area (Å²) < 4.78 is 1.24. The molecule has 0 amide bonds. The lowest BCUT2D eigenvalue weighted by molar-refractivity contribution is 1.53. The van der Waals surface area contributed by atoms with Crippen LogP contribution in [0.25, 0.3) is 11.1 Å². The third-order valence-corrected chi connectivity index (χ3v) is 4.52. The summed E-state index contributed by atoms with van der Waals surface area (Å²) in [6.45, 7) is 4.32. The van der Waals surface area contributed by atoms with E-state index in [0.717, 1.165) is 0 Å². The Bertz CT molecular complexity index is 443. The van der Waals surface area contributed by atoms with Gasteiger partial charge < -0.3 is 0 Å². The molecular formula is C12H11BrS. The third kappa shape index (κ3) is 1.64. The van der Waals surface area contributed by atoms with E-state index in [2.05, 4.69) is 54.0 Å². The first-order valence-electron chi connectivity index (χ1n) is 4.51. The number of hydrogen-bond acceptors (Lipinski definition) is 1. The maximum absolute atomic E-state index is 3.65. The van der Waals surface area contributed by atoms with Crippen LogP contribution in [0.1, 0.15) is 9.75 Å². The molecule has 0 aliphatic heterocycles. The molecule has 2 aromatic rings. The summed E-state index contributed by atoms with van der Waals surface area (Å²) in [5.41, 5.74) is 2.63. The van der Waals surface area contributed by atoms with Crippen molar-refractivity contribution in [2.75, 3.05) is 0 Å². The van der Waals surface area contributed by atoms with Crippen molar-refractivity contribution in [3.63, 3.8) is 0 Å². The normalized spacial score (nSPS) is 10.5. The van der Waals surface area contributed by atoms with Crippen LogP contribution < -0.4 is 0 Å². The van der Waals surface area contributed by atoms with Gasteiger partial charge in [-0.25, -0.2) is 0 Å². The van der Waals surface area contributed by atoms with Crippen LogP contribution in [0.3, 0.4) is 0 Å². The summed E-state index contributed by atoms with van der Waals surface area (Å²) in [7, 11) is 0. The molecule has 2 heteroatoms. The quantitative estimate of drug-likeness (QED) is 0.696. The number of halogens is 1. The predicted octanol–water partition coefficient (Wildman–Crippen LogP) is 4.79. The summed E-state index contributed by atoms with van der Waals surface area (Å²) in [5.74, 6) is 0. The summed E-state index contributed by atoms with van der Waals surface area (Å²) >= 11 is 5.49. The van der Waals surface area contributed by atoms with E-state index in [0.29, 0.717) is 0 Å². The monoisotopic (exact) mass is 266 g/mol. The van der Waals surface area contributed by atoms with Crippen molar-refractivity contribution in [1.29, 1.82) is 0 Å². The molecule has 0 radical (unpaired) electrons. The molecule has 0 aliphatic carbocycles. The number of aryl methyl sites for hydroxylation is 2. The topological polar surface area (TPSA) is 0 Å². The molecule has 1 aromatic carbocycles. The lowest BCUT2D eigenvalue weighted by Crippen LogP contribution is -1.77. The molecule has 0 bridgehead atoms. The molecule has 1 heterocycles. The van der Waals surface area contributed by atoms with Crippen LogP contribution in [-0.2, 0) is 0 Å². The standard InChI is InChI=1S/C12H11BrS/c1-8-11(12(13)9(2)14-8)10-6-4-3-5-7-10/h3-7H,1-2H3. The molecule has 0 nitrogen and oxygen atoms in total.